The molecule has 1 aliphatic rings. The van der Waals surface area contributed by atoms with Gasteiger partial charge in [-0.15, -0.1) is 0 Å². The number of unbranched alkanes of at least 4 members (excludes halogenated alkanes) is 1. The predicted molar refractivity (Wildman–Crippen MR) is 98.7 cm³/mol. The Morgan fingerprint density at radius 2 is 2.08 bits per heavy atom. The molecule has 0 amide bonds. The zero-order valence-electron chi connectivity index (χ0n) is 14.5. The molecule has 1 heterocycles. The van der Waals surface area contributed by atoms with Crippen LogP contribution in [0, 0.1) is 0 Å². The first-order valence-corrected chi connectivity index (χ1v) is 10.1. The van der Waals surface area contributed by atoms with Crippen LogP contribution in [0.15, 0.2) is 35.4 Å². The second-order valence-electron chi connectivity index (χ2n) is 6.51. The molecule has 1 fully saturated rings. The lowest BCUT2D eigenvalue weighted by Gasteiger charge is -2.12. The molecular formula is C17H28N4O2S. The van der Waals surface area contributed by atoms with E-state index in [1.165, 1.54) is 0 Å². The highest BCUT2D eigenvalue weighted by Crippen LogP contribution is 2.17. The first kappa shape index (κ1) is 18.9. The molecule has 0 bridgehead atoms. The van der Waals surface area contributed by atoms with Gasteiger partial charge in [-0.3, -0.25) is 5.32 Å². The molecule has 1 saturated heterocycles. The van der Waals surface area contributed by atoms with Gasteiger partial charge in [0.2, 0.25) is 0 Å². The molecule has 0 aromatic heterocycles. The summed E-state index contributed by atoms with van der Waals surface area (Å²) in [5, 5.41) is 6.82. The summed E-state index contributed by atoms with van der Waals surface area (Å²) < 4.78 is 25.0. The highest BCUT2D eigenvalue weighted by Gasteiger charge is 2.33. The monoisotopic (exact) mass is 352 g/mol. The van der Waals surface area contributed by atoms with Gasteiger partial charge in [-0.25, -0.2) is 8.42 Å². The Kier molecular flexibility index (Phi) is 7.20. The lowest BCUT2D eigenvalue weighted by atomic mass is 10.2. The number of benzene rings is 1. The van der Waals surface area contributed by atoms with E-state index in [2.05, 4.69) is 34.8 Å². The second-order valence-corrected chi connectivity index (χ2v) is 8.69. The average Bonchev–Trinajstić information content (AvgIpc) is 3.01. The molecule has 1 aliphatic heterocycles. The standard InChI is InChI=1S/C17H28N4O2S/c1-21(2)11-7-6-10-19-20-16-12-17(18-13-16)24(22,23)14-15-8-4-3-5-9-15/h3-5,8-10,16-18,20H,6-7,11-14H2,1-2H3. The van der Waals surface area contributed by atoms with E-state index in [1.54, 1.807) is 0 Å². The summed E-state index contributed by atoms with van der Waals surface area (Å²) in [6.45, 7) is 1.66. The first-order valence-electron chi connectivity index (χ1n) is 8.38. The third kappa shape index (κ3) is 6.22. The number of rotatable bonds is 9. The van der Waals surface area contributed by atoms with Gasteiger partial charge >= 0.3 is 0 Å². The molecule has 6 nitrogen and oxygen atoms in total. The van der Waals surface area contributed by atoms with Gasteiger partial charge in [0, 0.05) is 19.2 Å². The van der Waals surface area contributed by atoms with Gasteiger partial charge < -0.3 is 10.3 Å². The minimum atomic E-state index is -3.20. The van der Waals surface area contributed by atoms with E-state index in [1.807, 2.05) is 36.5 Å². The van der Waals surface area contributed by atoms with Gasteiger partial charge in [0.1, 0.15) is 5.37 Å². The molecular weight excluding hydrogens is 324 g/mol. The summed E-state index contributed by atoms with van der Waals surface area (Å²) in [4.78, 5) is 2.14. The largest absolute Gasteiger partial charge is 0.309 e. The fraction of sp³-hybridized carbons (Fsp3) is 0.588. The van der Waals surface area contributed by atoms with Crippen LogP contribution in [-0.4, -0.2) is 58.1 Å². The Hall–Kier alpha value is -1.44. The van der Waals surface area contributed by atoms with Crippen LogP contribution in [0.4, 0.5) is 0 Å². The maximum absolute atomic E-state index is 12.5. The molecule has 1 aromatic rings. The highest BCUT2D eigenvalue weighted by molar-refractivity contribution is 7.91. The van der Waals surface area contributed by atoms with Crippen molar-refractivity contribution in [1.82, 2.24) is 15.6 Å². The molecule has 0 radical (unpaired) electrons. The van der Waals surface area contributed by atoms with Gasteiger partial charge in [-0.2, -0.15) is 5.10 Å². The van der Waals surface area contributed by atoms with Gasteiger partial charge in [0.25, 0.3) is 0 Å². The van der Waals surface area contributed by atoms with Crippen LogP contribution in [0.1, 0.15) is 24.8 Å². The summed E-state index contributed by atoms with van der Waals surface area (Å²) in [6.07, 6.45) is 4.40. The fourth-order valence-corrected chi connectivity index (χ4v) is 4.43. The summed E-state index contributed by atoms with van der Waals surface area (Å²) in [5.74, 6) is 0.0754. The zero-order chi connectivity index (χ0) is 17.4. The van der Waals surface area contributed by atoms with Crippen LogP contribution in [0.2, 0.25) is 0 Å². The second kappa shape index (κ2) is 9.15. The number of nitrogens with zero attached hydrogens (tertiary/aromatic N) is 2. The van der Waals surface area contributed by atoms with Crippen molar-refractivity contribution < 1.29 is 8.42 Å². The molecule has 134 valence electrons. The van der Waals surface area contributed by atoms with E-state index in [-0.39, 0.29) is 11.8 Å². The summed E-state index contributed by atoms with van der Waals surface area (Å²) in [6, 6.07) is 9.37. The Labute approximate surface area is 145 Å². The van der Waals surface area contributed by atoms with Crippen molar-refractivity contribution in [2.75, 3.05) is 27.2 Å². The maximum atomic E-state index is 12.5. The van der Waals surface area contributed by atoms with Crippen molar-refractivity contribution in [2.24, 2.45) is 5.10 Å². The lowest BCUT2D eigenvalue weighted by Crippen LogP contribution is -2.31. The normalized spacial score (nSPS) is 21.6. The van der Waals surface area contributed by atoms with Crippen LogP contribution >= 0.6 is 0 Å². The first-order chi connectivity index (χ1) is 11.5. The van der Waals surface area contributed by atoms with E-state index in [0.29, 0.717) is 13.0 Å². The molecule has 7 heteroatoms. The van der Waals surface area contributed by atoms with Crippen LogP contribution in [-0.2, 0) is 15.6 Å². The summed E-state index contributed by atoms with van der Waals surface area (Å²) >= 11 is 0. The van der Waals surface area contributed by atoms with Crippen molar-refractivity contribution in [3.8, 4) is 0 Å². The molecule has 0 spiro atoms. The van der Waals surface area contributed by atoms with E-state index in [9.17, 15) is 8.42 Å². The lowest BCUT2D eigenvalue weighted by molar-refractivity contribution is 0.404. The van der Waals surface area contributed by atoms with E-state index < -0.39 is 15.2 Å². The van der Waals surface area contributed by atoms with Crippen LogP contribution < -0.4 is 10.7 Å². The topological polar surface area (TPSA) is 73.8 Å². The Bertz CT molecular complexity index is 617. The molecule has 0 saturated carbocycles. The minimum absolute atomic E-state index is 0.0608. The van der Waals surface area contributed by atoms with E-state index in [4.69, 9.17) is 0 Å². The molecule has 2 unspecified atom stereocenters. The van der Waals surface area contributed by atoms with Gasteiger partial charge in [-0.1, -0.05) is 30.3 Å². The number of sulfone groups is 1. The fourth-order valence-electron chi connectivity index (χ4n) is 2.70. The Morgan fingerprint density at radius 1 is 1.33 bits per heavy atom. The SMILES string of the molecule is CN(C)CCCC=NNC1CNC(S(=O)(=O)Cc2ccccc2)C1. The summed E-state index contributed by atoms with van der Waals surface area (Å²) in [7, 11) is 0.899. The third-order valence-corrected chi connectivity index (χ3v) is 5.98. The van der Waals surface area contributed by atoms with Crippen LogP contribution in [0.3, 0.4) is 0 Å². The van der Waals surface area contributed by atoms with Gasteiger partial charge in [0.15, 0.2) is 9.84 Å². The number of nitrogens with one attached hydrogen (secondary N) is 2. The van der Waals surface area contributed by atoms with Crippen molar-refractivity contribution in [3.63, 3.8) is 0 Å². The number of hydrogen-bond donors (Lipinski definition) is 2. The van der Waals surface area contributed by atoms with Gasteiger partial charge in [-0.05, 0) is 39.0 Å². The maximum Gasteiger partial charge on any atom is 0.170 e. The van der Waals surface area contributed by atoms with Crippen molar-refractivity contribution >= 4 is 16.1 Å². The molecule has 2 rings (SSSR count). The minimum Gasteiger partial charge on any atom is -0.309 e. The Balaban J connectivity index is 1.75. The van der Waals surface area contributed by atoms with E-state index >= 15 is 0 Å². The molecule has 2 atom stereocenters. The van der Waals surface area contributed by atoms with Crippen molar-refractivity contribution in [2.45, 2.75) is 36.4 Å². The third-order valence-electron chi connectivity index (χ3n) is 4.02. The van der Waals surface area contributed by atoms with Crippen LogP contribution in [0.5, 0.6) is 0 Å². The Morgan fingerprint density at radius 3 is 2.79 bits per heavy atom. The molecule has 24 heavy (non-hydrogen) atoms. The highest BCUT2D eigenvalue weighted by atomic mass is 32.2. The summed E-state index contributed by atoms with van der Waals surface area (Å²) in [5.41, 5.74) is 3.89. The average molecular weight is 353 g/mol. The van der Waals surface area contributed by atoms with Crippen LogP contribution in [0.25, 0.3) is 0 Å². The molecule has 0 aliphatic carbocycles. The quantitative estimate of drug-likeness (QED) is 0.397. The zero-order valence-corrected chi connectivity index (χ0v) is 15.3. The molecule has 1 aromatic carbocycles. The number of hydrazone groups is 1. The van der Waals surface area contributed by atoms with Gasteiger partial charge in [0.05, 0.1) is 11.8 Å². The van der Waals surface area contributed by atoms with Crippen molar-refractivity contribution in [1.29, 1.82) is 0 Å². The smallest absolute Gasteiger partial charge is 0.170 e. The molecule has 2 N–H and O–H groups in total. The number of hydrogen-bond acceptors (Lipinski definition) is 6. The van der Waals surface area contributed by atoms with E-state index in [0.717, 1.165) is 24.9 Å². The van der Waals surface area contributed by atoms with Crippen molar-refractivity contribution in [3.05, 3.63) is 35.9 Å². The predicted octanol–water partition coefficient (Wildman–Crippen LogP) is 1.21.